The van der Waals surface area contributed by atoms with Crippen LogP contribution in [-0.4, -0.2) is 0 Å². The quantitative estimate of drug-likeness (QED) is 0.631. The minimum atomic E-state index is 0. The van der Waals surface area contributed by atoms with Crippen LogP contribution in [0.5, 0.6) is 0 Å². The van der Waals surface area contributed by atoms with Crippen LogP contribution in [0.15, 0.2) is 24.3 Å². The van der Waals surface area contributed by atoms with Gasteiger partial charge in [0.1, 0.15) is 0 Å². The molecule has 0 atom stereocenters. The Hall–Kier alpha value is -0.222. The summed E-state index contributed by atoms with van der Waals surface area (Å²) in [4.78, 5) is 0. The van der Waals surface area contributed by atoms with Gasteiger partial charge in [-0.05, 0) is 0 Å². The minimum Gasteiger partial charge on any atom is -0.374 e. The largest absolute Gasteiger partial charge is 2.00 e. The van der Waals surface area contributed by atoms with E-state index in [4.69, 9.17) is 0 Å². The van der Waals surface area contributed by atoms with Gasteiger partial charge in [0.15, 0.2) is 0 Å². The summed E-state index contributed by atoms with van der Waals surface area (Å²) in [6, 6.07) is 10.6. The second kappa shape index (κ2) is 3.74. The van der Waals surface area contributed by atoms with E-state index in [0.29, 0.717) is 0 Å². The predicted octanol–water partition coefficient (Wildman–Crippen LogP) is 1.67. The second-order valence-electron chi connectivity index (χ2n) is 1.39. The summed E-state index contributed by atoms with van der Waals surface area (Å²) in [6.07, 6.45) is 0. The van der Waals surface area contributed by atoms with Gasteiger partial charge in [-0.2, -0.15) is 12.1 Å². The first kappa shape index (κ1) is 7.78. The molecular formula is C7H6W. The molecule has 0 aliphatic rings. The summed E-state index contributed by atoms with van der Waals surface area (Å²) in [7, 11) is 0. The van der Waals surface area contributed by atoms with Gasteiger partial charge in [-0.3, -0.25) is 6.07 Å². The minimum absolute atomic E-state index is 0. The third-order valence-electron chi connectivity index (χ3n) is 0.773. The molecule has 0 nitrogen and oxygen atoms in total. The Morgan fingerprint density at radius 3 is 2.38 bits per heavy atom. The van der Waals surface area contributed by atoms with Crippen LogP contribution in [0.25, 0.3) is 0 Å². The summed E-state index contributed by atoms with van der Waals surface area (Å²) in [6.45, 7) is 3.66. The van der Waals surface area contributed by atoms with E-state index < -0.39 is 0 Å². The molecule has 0 saturated carbocycles. The van der Waals surface area contributed by atoms with E-state index in [1.165, 1.54) is 0 Å². The van der Waals surface area contributed by atoms with Gasteiger partial charge in [-0.25, -0.2) is 0 Å². The van der Waals surface area contributed by atoms with Gasteiger partial charge >= 0.3 is 21.1 Å². The molecule has 1 rings (SSSR count). The van der Waals surface area contributed by atoms with E-state index in [-0.39, 0.29) is 21.1 Å². The van der Waals surface area contributed by atoms with E-state index in [1.54, 1.807) is 0 Å². The smallest absolute Gasteiger partial charge is 0.374 e. The van der Waals surface area contributed by atoms with Crippen molar-refractivity contribution in [2.24, 2.45) is 0 Å². The van der Waals surface area contributed by atoms with E-state index in [0.717, 1.165) is 5.56 Å². The molecule has 8 heavy (non-hydrogen) atoms. The van der Waals surface area contributed by atoms with Crippen molar-refractivity contribution >= 4 is 0 Å². The van der Waals surface area contributed by atoms with Crippen LogP contribution in [0.3, 0.4) is 0 Å². The third kappa shape index (κ3) is 2.18. The molecule has 0 amide bonds. The zero-order valence-corrected chi connectivity index (χ0v) is 7.36. The maximum atomic E-state index is 3.66. The van der Waals surface area contributed by atoms with Gasteiger partial charge in [0.2, 0.25) is 0 Å². The van der Waals surface area contributed by atoms with Crippen molar-refractivity contribution in [3.63, 3.8) is 0 Å². The maximum absolute atomic E-state index is 3.66. The van der Waals surface area contributed by atoms with Crippen molar-refractivity contribution in [1.82, 2.24) is 0 Å². The molecule has 0 bridgehead atoms. The van der Waals surface area contributed by atoms with Crippen molar-refractivity contribution in [2.45, 2.75) is 0 Å². The molecule has 0 radical (unpaired) electrons. The van der Waals surface area contributed by atoms with Gasteiger partial charge < -0.3 is 18.6 Å². The summed E-state index contributed by atoms with van der Waals surface area (Å²) in [5.74, 6) is 0. The van der Waals surface area contributed by atoms with Crippen molar-refractivity contribution < 1.29 is 21.1 Å². The topological polar surface area (TPSA) is 0 Å². The van der Waals surface area contributed by atoms with Crippen LogP contribution in [0, 0.1) is 13.0 Å². The van der Waals surface area contributed by atoms with Crippen molar-refractivity contribution in [1.29, 1.82) is 0 Å². The Morgan fingerprint density at radius 2 is 2.12 bits per heavy atom. The molecule has 40 valence electrons. The predicted molar refractivity (Wildman–Crippen MR) is 29.7 cm³/mol. The number of rotatable bonds is 0. The van der Waals surface area contributed by atoms with Gasteiger partial charge in [-0.15, -0.1) is 6.07 Å². The van der Waals surface area contributed by atoms with Gasteiger partial charge in [0.05, 0.1) is 0 Å². The molecule has 0 fully saturated rings. The van der Waals surface area contributed by atoms with Crippen LogP contribution in [0.2, 0.25) is 0 Å². The Morgan fingerprint density at radius 1 is 1.38 bits per heavy atom. The molecule has 1 aromatic carbocycles. The molecule has 0 aliphatic heterocycles. The van der Waals surface area contributed by atoms with Crippen LogP contribution in [0.4, 0.5) is 0 Å². The van der Waals surface area contributed by atoms with Crippen molar-refractivity contribution in [3.8, 4) is 0 Å². The Bertz CT molecular complexity index is 134. The van der Waals surface area contributed by atoms with E-state index in [2.05, 4.69) is 13.0 Å². The van der Waals surface area contributed by atoms with E-state index >= 15 is 0 Å². The number of benzene rings is 1. The van der Waals surface area contributed by atoms with Crippen LogP contribution in [0.1, 0.15) is 5.56 Å². The first-order valence-electron chi connectivity index (χ1n) is 2.18. The molecule has 0 unspecified atom stereocenters. The normalized spacial score (nSPS) is 7.50. The summed E-state index contributed by atoms with van der Waals surface area (Å²) < 4.78 is 0. The Labute approximate surface area is 64.2 Å². The van der Waals surface area contributed by atoms with Crippen molar-refractivity contribution in [2.75, 3.05) is 0 Å². The molecule has 1 heteroatoms. The molecule has 0 aliphatic carbocycles. The van der Waals surface area contributed by atoms with E-state index in [1.807, 2.05) is 24.3 Å². The number of hydrogen-bond donors (Lipinski definition) is 0. The molecule has 0 aromatic heterocycles. The number of hydrogen-bond acceptors (Lipinski definition) is 0. The van der Waals surface area contributed by atoms with Gasteiger partial charge in [0, 0.05) is 0 Å². The van der Waals surface area contributed by atoms with Crippen molar-refractivity contribution in [3.05, 3.63) is 42.8 Å². The fraction of sp³-hybridized carbons (Fsp3) is 0. The average Bonchev–Trinajstić information content (AvgIpc) is 1.69. The van der Waals surface area contributed by atoms with Crippen LogP contribution < -0.4 is 0 Å². The summed E-state index contributed by atoms with van der Waals surface area (Å²) in [5.41, 5.74) is 0.947. The molecule has 0 N–H and O–H groups in total. The zero-order valence-electron chi connectivity index (χ0n) is 4.42. The molecule has 0 spiro atoms. The fourth-order valence-corrected chi connectivity index (χ4v) is 0.431. The Balaban J connectivity index is 0.000000490. The first-order chi connectivity index (χ1) is 3.39. The maximum Gasteiger partial charge on any atom is 2.00 e. The average molecular weight is 274 g/mol. The van der Waals surface area contributed by atoms with Gasteiger partial charge in [-0.1, -0.05) is 0 Å². The van der Waals surface area contributed by atoms with E-state index in [9.17, 15) is 0 Å². The zero-order chi connectivity index (χ0) is 5.11. The fourth-order valence-electron chi connectivity index (χ4n) is 0.431. The Kier molecular flexibility index (Phi) is 3.64. The monoisotopic (exact) mass is 274 g/mol. The van der Waals surface area contributed by atoms with Crippen LogP contribution in [-0.2, 0) is 21.1 Å². The first-order valence-corrected chi connectivity index (χ1v) is 2.18. The molecule has 0 heterocycles. The molecular weight excluding hydrogens is 268 g/mol. The van der Waals surface area contributed by atoms with Gasteiger partial charge in [0.25, 0.3) is 0 Å². The SMILES string of the molecule is [CH2-]c1[c-]cccc1.[W+2]. The standard InChI is InChI=1S/C7H6.W/c1-7-5-3-2-4-6-7;/h2-5H,1H2;/q-2;+2. The summed E-state index contributed by atoms with van der Waals surface area (Å²) >= 11 is 0. The summed E-state index contributed by atoms with van der Waals surface area (Å²) in [5, 5.41) is 0. The second-order valence-corrected chi connectivity index (χ2v) is 1.39. The van der Waals surface area contributed by atoms with Crippen LogP contribution >= 0.6 is 0 Å². The third-order valence-corrected chi connectivity index (χ3v) is 0.773. The molecule has 1 aromatic rings. The molecule has 0 saturated heterocycles.